The van der Waals surface area contributed by atoms with E-state index in [0.29, 0.717) is 19.4 Å². The van der Waals surface area contributed by atoms with Crippen molar-refractivity contribution < 1.29 is 29.0 Å². The Balaban J connectivity index is 2.12. The van der Waals surface area contributed by atoms with Crippen molar-refractivity contribution in [2.24, 2.45) is 17.3 Å². The summed E-state index contributed by atoms with van der Waals surface area (Å²) in [6.45, 7) is 21.5. The van der Waals surface area contributed by atoms with Gasteiger partial charge in [-0.2, -0.15) is 0 Å². The molecule has 202 valence electrons. The molecular formula is C28H44N2O6. The second-order valence-electron chi connectivity index (χ2n) is 12.7. The Morgan fingerprint density at radius 1 is 1.25 bits per heavy atom. The van der Waals surface area contributed by atoms with E-state index in [1.807, 2.05) is 20.8 Å². The van der Waals surface area contributed by atoms with E-state index >= 15 is 0 Å². The highest BCUT2D eigenvalue weighted by molar-refractivity contribution is 5.99. The fourth-order valence-electron chi connectivity index (χ4n) is 7.10. The molecule has 0 radical (unpaired) electrons. The van der Waals surface area contributed by atoms with Crippen LogP contribution < -0.4 is 0 Å². The lowest BCUT2D eigenvalue weighted by molar-refractivity contribution is -0.162. The van der Waals surface area contributed by atoms with Gasteiger partial charge in [0.1, 0.15) is 24.2 Å². The summed E-state index contributed by atoms with van der Waals surface area (Å²) < 4.78 is 12.0. The van der Waals surface area contributed by atoms with Gasteiger partial charge in [0.15, 0.2) is 0 Å². The molecule has 2 bridgehead atoms. The number of hydrogen-bond acceptors (Lipinski definition) is 6. The molecule has 0 aliphatic carbocycles. The maximum absolute atomic E-state index is 14.5. The quantitative estimate of drug-likeness (QED) is 0.363. The molecule has 8 nitrogen and oxygen atoms in total. The summed E-state index contributed by atoms with van der Waals surface area (Å²) in [5.41, 5.74) is -2.67. The summed E-state index contributed by atoms with van der Waals surface area (Å²) in [6.07, 6.45) is 4.90. The van der Waals surface area contributed by atoms with E-state index in [-0.39, 0.29) is 30.4 Å². The van der Waals surface area contributed by atoms with Crippen LogP contribution in [0.1, 0.15) is 67.7 Å². The van der Waals surface area contributed by atoms with Crippen LogP contribution in [-0.4, -0.2) is 81.3 Å². The van der Waals surface area contributed by atoms with E-state index in [1.165, 1.54) is 11.0 Å². The number of carbonyl (C=O) groups is 3. The smallest absolute Gasteiger partial charge is 0.313 e. The third kappa shape index (κ3) is 4.51. The van der Waals surface area contributed by atoms with Crippen molar-refractivity contribution in [1.29, 1.82) is 0 Å². The van der Waals surface area contributed by atoms with E-state index in [4.69, 9.17) is 9.47 Å². The number of rotatable bonds is 10. The van der Waals surface area contributed by atoms with Gasteiger partial charge in [-0.25, -0.2) is 0 Å². The summed E-state index contributed by atoms with van der Waals surface area (Å²) in [5.74, 6) is -2.79. The molecule has 3 fully saturated rings. The molecule has 1 N–H and O–H groups in total. The van der Waals surface area contributed by atoms with Crippen LogP contribution in [0.4, 0.5) is 0 Å². The predicted molar refractivity (Wildman–Crippen MR) is 137 cm³/mol. The Kier molecular flexibility index (Phi) is 7.57. The average molecular weight is 505 g/mol. The molecule has 3 heterocycles. The third-order valence-corrected chi connectivity index (χ3v) is 8.06. The number of esters is 1. The van der Waals surface area contributed by atoms with E-state index in [1.54, 1.807) is 17.9 Å². The van der Waals surface area contributed by atoms with Crippen LogP contribution >= 0.6 is 0 Å². The zero-order valence-electron chi connectivity index (χ0n) is 23.0. The van der Waals surface area contributed by atoms with Gasteiger partial charge in [-0.1, -0.05) is 39.5 Å². The molecule has 0 saturated carbocycles. The van der Waals surface area contributed by atoms with Gasteiger partial charge in [0.25, 0.3) is 0 Å². The van der Waals surface area contributed by atoms with Gasteiger partial charge < -0.3 is 24.4 Å². The van der Waals surface area contributed by atoms with Crippen molar-refractivity contribution in [3.63, 3.8) is 0 Å². The number of aliphatic hydroxyl groups is 1. The molecule has 3 saturated heterocycles. The standard InChI is InChI=1S/C28H44N2O6/c1-10-14-29(26(7,8)17-25(4,5)6)23(33)21-28-13-12-27(9,36-28)20(24(34)35-15-11-2)19(28)22(32)30(21)18(3)16-31/h10-11,18-21,31H,1-2,12-17H2,3-9H3/t18-,19+,20-,21?,27+,28?/m1/s1. The molecule has 3 aliphatic heterocycles. The Morgan fingerprint density at radius 2 is 1.89 bits per heavy atom. The molecule has 2 amide bonds. The summed E-state index contributed by atoms with van der Waals surface area (Å²) >= 11 is 0. The van der Waals surface area contributed by atoms with Gasteiger partial charge in [-0.05, 0) is 52.4 Å². The number of aliphatic hydroxyl groups excluding tert-OH is 1. The molecule has 1 spiro atoms. The molecule has 3 rings (SSSR count). The lowest BCUT2D eigenvalue weighted by Gasteiger charge is -2.46. The topological polar surface area (TPSA) is 96.4 Å². The first-order valence-electron chi connectivity index (χ1n) is 12.9. The Morgan fingerprint density at radius 3 is 2.42 bits per heavy atom. The van der Waals surface area contributed by atoms with Crippen LogP contribution in [0.5, 0.6) is 0 Å². The van der Waals surface area contributed by atoms with Crippen molar-refractivity contribution in [1.82, 2.24) is 9.80 Å². The van der Waals surface area contributed by atoms with Gasteiger partial charge >= 0.3 is 5.97 Å². The van der Waals surface area contributed by atoms with Crippen LogP contribution in [0.15, 0.2) is 25.3 Å². The molecule has 36 heavy (non-hydrogen) atoms. The van der Waals surface area contributed by atoms with Gasteiger partial charge in [-0.3, -0.25) is 14.4 Å². The fourth-order valence-corrected chi connectivity index (χ4v) is 7.10. The minimum atomic E-state index is -1.17. The largest absolute Gasteiger partial charge is 0.461 e. The highest BCUT2D eigenvalue weighted by Crippen LogP contribution is 2.63. The lowest BCUT2D eigenvalue weighted by atomic mass is 9.66. The summed E-state index contributed by atoms with van der Waals surface area (Å²) in [6, 6.07) is -1.58. The molecule has 0 aromatic rings. The first-order valence-corrected chi connectivity index (χ1v) is 12.9. The highest BCUT2D eigenvalue weighted by atomic mass is 16.6. The van der Waals surface area contributed by atoms with E-state index < -0.39 is 46.6 Å². The number of hydrogen-bond donors (Lipinski definition) is 1. The van der Waals surface area contributed by atoms with Crippen LogP contribution in [0.3, 0.4) is 0 Å². The molecule has 2 unspecified atom stereocenters. The van der Waals surface area contributed by atoms with Crippen molar-refractivity contribution in [2.45, 2.75) is 96.6 Å². The minimum Gasteiger partial charge on any atom is -0.461 e. The molecule has 0 aromatic carbocycles. The lowest BCUT2D eigenvalue weighted by Crippen LogP contribution is -2.62. The van der Waals surface area contributed by atoms with Gasteiger partial charge in [-0.15, -0.1) is 6.58 Å². The zero-order chi connectivity index (χ0) is 27.3. The summed E-state index contributed by atoms with van der Waals surface area (Å²) in [4.78, 5) is 44.9. The number of nitrogens with zero attached hydrogens (tertiary/aromatic N) is 2. The number of fused-ring (bicyclic) bond motifs is 1. The van der Waals surface area contributed by atoms with Gasteiger partial charge in [0.2, 0.25) is 11.8 Å². The summed E-state index contributed by atoms with van der Waals surface area (Å²) in [7, 11) is 0. The number of carbonyl (C=O) groups excluding carboxylic acids is 3. The second-order valence-corrected chi connectivity index (χ2v) is 12.7. The highest BCUT2D eigenvalue weighted by Gasteiger charge is 2.79. The number of likely N-dealkylation sites (tertiary alicyclic amines) is 1. The van der Waals surface area contributed by atoms with E-state index in [2.05, 4.69) is 33.9 Å². The first-order chi connectivity index (χ1) is 16.6. The Bertz CT molecular complexity index is 923. The zero-order valence-corrected chi connectivity index (χ0v) is 23.0. The molecular weight excluding hydrogens is 460 g/mol. The molecule has 3 aliphatic rings. The van der Waals surface area contributed by atoms with Gasteiger partial charge in [0, 0.05) is 12.1 Å². The average Bonchev–Trinajstić information content (AvgIpc) is 3.33. The first kappa shape index (κ1) is 28.4. The fraction of sp³-hybridized carbons (Fsp3) is 0.750. The molecule has 8 heteroatoms. The third-order valence-electron chi connectivity index (χ3n) is 8.06. The van der Waals surface area contributed by atoms with E-state index in [0.717, 1.165) is 6.42 Å². The monoisotopic (exact) mass is 504 g/mol. The Labute approximate surface area is 215 Å². The number of ether oxygens (including phenoxy) is 2. The molecule has 6 atom stereocenters. The predicted octanol–water partition coefficient (Wildman–Crippen LogP) is 3.09. The maximum Gasteiger partial charge on any atom is 0.313 e. The number of amides is 2. The van der Waals surface area contributed by atoms with Crippen molar-refractivity contribution >= 4 is 17.8 Å². The van der Waals surface area contributed by atoms with E-state index in [9.17, 15) is 19.5 Å². The van der Waals surface area contributed by atoms with Crippen molar-refractivity contribution in [3.8, 4) is 0 Å². The maximum atomic E-state index is 14.5. The van der Waals surface area contributed by atoms with Gasteiger partial charge in [0.05, 0.1) is 24.2 Å². The summed E-state index contributed by atoms with van der Waals surface area (Å²) in [5, 5.41) is 10.1. The second kappa shape index (κ2) is 9.60. The molecule has 0 aromatic heterocycles. The van der Waals surface area contributed by atoms with Crippen LogP contribution in [0.2, 0.25) is 0 Å². The minimum absolute atomic E-state index is 0.0343. The van der Waals surface area contributed by atoms with Crippen molar-refractivity contribution in [2.75, 3.05) is 19.8 Å². The SMILES string of the molecule is C=CCOC(=O)[C@H]1[C@H]2C(=O)N([C@H](C)CO)C(C(=O)N(CC=C)C(C)(C)CC(C)(C)C)C23CC[C@]1(C)O3. The normalized spacial score (nSPS) is 32.3. The van der Waals surface area contributed by atoms with Crippen LogP contribution in [0.25, 0.3) is 0 Å². The van der Waals surface area contributed by atoms with Crippen molar-refractivity contribution in [3.05, 3.63) is 25.3 Å². The Hall–Kier alpha value is -2.19. The van der Waals surface area contributed by atoms with Crippen LogP contribution in [-0.2, 0) is 23.9 Å². The van der Waals surface area contributed by atoms with Crippen LogP contribution in [0, 0.1) is 17.3 Å².